The maximum Gasteiger partial charge on any atom is 1.00 e. The van der Waals surface area contributed by atoms with Crippen molar-refractivity contribution in [2.24, 2.45) is 0 Å². The van der Waals surface area contributed by atoms with E-state index in [4.69, 9.17) is 15.3 Å². The summed E-state index contributed by atoms with van der Waals surface area (Å²) in [6.45, 7) is 0. The van der Waals surface area contributed by atoms with Crippen molar-refractivity contribution in [3.05, 3.63) is 0 Å². The summed E-state index contributed by atoms with van der Waals surface area (Å²) in [5, 5.41) is 35.5. The Kier molecular flexibility index (Phi) is 10.3. The molecule has 84 valence electrons. The van der Waals surface area contributed by atoms with Crippen molar-refractivity contribution in [1.29, 1.82) is 0 Å². The number of carboxylic acids is 3. The van der Waals surface area contributed by atoms with Crippen molar-refractivity contribution in [3.8, 4) is 0 Å². The standard InChI is InChI=1S/C6H8O7.Li.Ni/c7-3(8)1-6(13,5(11)12)2-4(9)10;;/h13H,1-2H2,(H,7,8)(H,9,10)(H,11,12);;/q;+1;/p-1. The zero-order valence-electron chi connectivity index (χ0n) is 7.71. The largest absolute Gasteiger partial charge is 1.00 e. The van der Waals surface area contributed by atoms with Gasteiger partial charge in [-0.1, -0.05) is 0 Å². The van der Waals surface area contributed by atoms with Gasteiger partial charge in [-0.2, -0.15) is 0 Å². The van der Waals surface area contributed by atoms with Crippen LogP contribution in [0.1, 0.15) is 12.8 Å². The minimum absolute atomic E-state index is 0. The average molecular weight is 257 g/mol. The van der Waals surface area contributed by atoms with Gasteiger partial charge >= 0.3 is 30.8 Å². The van der Waals surface area contributed by atoms with E-state index in [0.29, 0.717) is 0 Å². The molecule has 0 aliphatic rings. The molecule has 0 saturated carbocycles. The summed E-state index contributed by atoms with van der Waals surface area (Å²) in [4.78, 5) is 30.3. The molecular weight excluding hydrogens is 250 g/mol. The number of carbonyl (C=O) groups is 3. The Balaban J connectivity index is -0.000000720. The zero-order valence-corrected chi connectivity index (χ0v) is 8.69. The first-order chi connectivity index (χ1) is 5.78. The summed E-state index contributed by atoms with van der Waals surface area (Å²) in [5.74, 6) is -5.34. The molecule has 0 radical (unpaired) electrons. The van der Waals surface area contributed by atoms with E-state index in [9.17, 15) is 19.5 Å². The van der Waals surface area contributed by atoms with Gasteiger partial charge in [-0.15, -0.1) is 0 Å². The van der Waals surface area contributed by atoms with Gasteiger partial charge in [0.2, 0.25) is 0 Å². The van der Waals surface area contributed by atoms with Crippen LogP contribution in [0.25, 0.3) is 0 Å². The first-order valence-electron chi connectivity index (χ1n) is 3.15. The van der Waals surface area contributed by atoms with Crippen LogP contribution in [0.2, 0.25) is 0 Å². The van der Waals surface area contributed by atoms with Crippen LogP contribution in [0, 0.1) is 0 Å². The van der Waals surface area contributed by atoms with E-state index in [1.54, 1.807) is 0 Å². The second kappa shape index (κ2) is 7.71. The van der Waals surface area contributed by atoms with E-state index in [1.807, 2.05) is 0 Å². The average Bonchev–Trinajstić information content (AvgIpc) is 1.82. The van der Waals surface area contributed by atoms with E-state index in [1.165, 1.54) is 0 Å². The van der Waals surface area contributed by atoms with Gasteiger partial charge in [0.15, 0.2) is 5.60 Å². The van der Waals surface area contributed by atoms with E-state index in [-0.39, 0.29) is 35.4 Å². The number of aliphatic hydroxyl groups is 1. The molecule has 0 aliphatic carbocycles. The van der Waals surface area contributed by atoms with Crippen LogP contribution in [-0.4, -0.2) is 38.8 Å². The van der Waals surface area contributed by atoms with Crippen molar-refractivity contribution in [2.75, 3.05) is 0 Å². The molecule has 0 rings (SSSR count). The Morgan fingerprint density at radius 3 is 1.73 bits per heavy atom. The zero-order chi connectivity index (χ0) is 10.6. The third kappa shape index (κ3) is 7.40. The summed E-state index contributed by atoms with van der Waals surface area (Å²) in [6.07, 6.45) is -2.44. The van der Waals surface area contributed by atoms with Gasteiger partial charge in [0.25, 0.3) is 0 Å². The molecule has 9 heteroatoms. The van der Waals surface area contributed by atoms with Crippen molar-refractivity contribution in [1.82, 2.24) is 0 Å². The van der Waals surface area contributed by atoms with E-state index in [0.717, 1.165) is 0 Å². The molecule has 0 aromatic carbocycles. The molecule has 0 saturated heterocycles. The molecule has 0 bridgehead atoms. The third-order valence-electron chi connectivity index (χ3n) is 1.28. The molecule has 0 amide bonds. The van der Waals surface area contributed by atoms with Crippen LogP contribution in [0.3, 0.4) is 0 Å². The van der Waals surface area contributed by atoms with Crippen molar-refractivity contribution in [3.63, 3.8) is 0 Å². The first-order valence-corrected chi connectivity index (χ1v) is 3.15. The van der Waals surface area contributed by atoms with Gasteiger partial charge < -0.3 is 25.2 Å². The van der Waals surface area contributed by atoms with E-state index >= 15 is 0 Å². The molecule has 0 aromatic heterocycles. The molecule has 1 unspecified atom stereocenters. The van der Waals surface area contributed by atoms with Gasteiger partial charge in [-0.05, 0) is 0 Å². The molecule has 0 fully saturated rings. The Bertz CT molecular complexity index is 238. The molecule has 0 aliphatic heterocycles. The first kappa shape index (κ1) is 19.9. The van der Waals surface area contributed by atoms with Crippen molar-refractivity contribution < 1.29 is 70.2 Å². The maximum atomic E-state index is 10.3. The molecule has 1 atom stereocenters. The van der Waals surface area contributed by atoms with Gasteiger partial charge in [-0.3, -0.25) is 4.79 Å². The molecule has 3 N–H and O–H groups in total. The van der Waals surface area contributed by atoms with E-state index in [2.05, 4.69) is 0 Å². The van der Waals surface area contributed by atoms with Crippen LogP contribution >= 0.6 is 0 Å². The fourth-order valence-corrected chi connectivity index (χ4v) is 0.703. The predicted molar refractivity (Wildman–Crippen MR) is 34.5 cm³/mol. The van der Waals surface area contributed by atoms with Gasteiger partial charge in [0.1, 0.15) is 0 Å². The summed E-state index contributed by atoms with van der Waals surface area (Å²) in [5.41, 5.74) is -2.80. The number of rotatable bonds is 5. The molecule has 0 spiro atoms. The molecular formula is C6H7LiNiO7. The number of hydrogen-bond donors (Lipinski definition) is 3. The van der Waals surface area contributed by atoms with Crippen molar-refractivity contribution >= 4 is 17.9 Å². The maximum absolute atomic E-state index is 10.3. The predicted octanol–water partition coefficient (Wildman–Crippen LogP) is -5.58. The fraction of sp³-hybridized carbons (Fsp3) is 0.500. The Labute approximate surface area is 107 Å². The number of hydrogen-bond acceptors (Lipinski definition) is 5. The topological polar surface area (TPSA) is 135 Å². The Hall–Kier alpha value is -0.539. The summed E-state index contributed by atoms with van der Waals surface area (Å²) < 4.78 is 0. The van der Waals surface area contributed by atoms with Crippen LogP contribution in [0.15, 0.2) is 0 Å². The number of carboxylic acid groups (broad SMARTS) is 3. The monoisotopic (exact) mass is 256 g/mol. The van der Waals surface area contributed by atoms with E-state index < -0.39 is 36.4 Å². The van der Waals surface area contributed by atoms with Gasteiger partial charge in [0, 0.05) is 28.9 Å². The van der Waals surface area contributed by atoms with Crippen LogP contribution in [0.4, 0.5) is 0 Å². The number of aliphatic carboxylic acids is 3. The summed E-state index contributed by atoms with van der Waals surface area (Å²) >= 11 is 0. The minimum Gasteiger partial charge on any atom is -0.550 e. The SMILES string of the molecule is O=C([O-])CC(O)(CC(=O)O)C(=O)O.[Li+].[Ni]. The van der Waals surface area contributed by atoms with Gasteiger partial charge in [0.05, 0.1) is 6.42 Å². The van der Waals surface area contributed by atoms with Crippen molar-refractivity contribution in [2.45, 2.75) is 18.4 Å². The van der Waals surface area contributed by atoms with Gasteiger partial charge in [-0.25, -0.2) is 4.79 Å². The molecule has 7 nitrogen and oxygen atoms in total. The number of carbonyl (C=O) groups excluding carboxylic acids is 1. The summed E-state index contributed by atoms with van der Waals surface area (Å²) in [6, 6.07) is 0. The second-order valence-corrected chi connectivity index (χ2v) is 2.46. The minimum atomic E-state index is -2.80. The third-order valence-corrected chi connectivity index (χ3v) is 1.28. The molecule has 0 aromatic rings. The molecule has 0 heterocycles. The van der Waals surface area contributed by atoms with Crippen LogP contribution < -0.4 is 24.0 Å². The smallest absolute Gasteiger partial charge is 0.550 e. The van der Waals surface area contributed by atoms with Crippen LogP contribution in [0.5, 0.6) is 0 Å². The molecule has 15 heavy (non-hydrogen) atoms. The Morgan fingerprint density at radius 2 is 1.53 bits per heavy atom. The fourth-order valence-electron chi connectivity index (χ4n) is 0.703. The summed E-state index contributed by atoms with van der Waals surface area (Å²) in [7, 11) is 0. The van der Waals surface area contributed by atoms with Crippen LogP contribution in [-0.2, 0) is 30.9 Å². The second-order valence-electron chi connectivity index (χ2n) is 2.46. The Morgan fingerprint density at radius 1 is 1.13 bits per heavy atom. The quantitative estimate of drug-likeness (QED) is 0.418. The normalized spacial score (nSPS) is 12.6.